The Morgan fingerprint density at radius 3 is 2.63 bits per heavy atom. The lowest BCUT2D eigenvalue weighted by atomic mass is 10.1. The normalized spacial score (nSPS) is 10.8. The molecule has 1 N–H and O–H groups in total. The van der Waals surface area contributed by atoms with E-state index in [0.29, 0.717) is 6.54 Å². The molecule has 0 unspecified atom stereocenters. The van der Waals surface area contributed by atoms with Crippen LogP contribution in [0.25, 0.3) is 10.8 Å². The zero-order chi connectivity index (χ0) is 13.2. The predicted octanol–water partition coefficient (Wildman–Crippen LogP) is 3.32. The summed E-state index contributed by atoms with van der Waals surface area (Å²) in [7, 11) is 0. The van der Waals surface area contributed by atoms with E-state index in [0.717, 1.165) is 33.0 Å². The van der Waals surface area contributed by atoms with Crippen LogP contribution in [-0.2, 0) is 6.54 Å². The molecule has 0 radical (unpaired) electrons. The van der Waals surface area contributed by atoms with E-state index in [2.05, 4.69) is 38.0 Å². The summed E-state index contributed by atoms with van der Waals surface area (Å²) in [5.74, 6) is 0.812. The zero-order valence-electron chi connectivity index (χ0n) is 10.8. The molecule has 3 rings (SSSR count). The minimum atomic E-state index is 0.673. The van der Waals surface area contributed by atoms with Crippen LogP contribution in [-0.4, -0.2) is 15.2 Å². The molecule has 0 aliphatic rings. The number of hydrogen-bond acceptors (Lipinski definition) is 5. The van der Waals surface area contributed by atoms with Gasteiger partial charge in [-0.3, -0.25) is 0 Å². The van der Waals surface area contributed by atoms with E-state index in [1.165, 1.54) is 0 Å². The number of aromatic nitrogens is 3. The third-order valence-electron chi connectivity index (χ3n) is 2.98. The molecule has 1 aromatic carbocycles. The lowest BCUT2D eigenvalue weighted by Gasteiger charge is -2.08. The summed E-state index contributed by atoms with van der Waals surface area (Å²) in [6.07, 6.45) is 0. The molecule has 2 aromatic heterocycles. The minimum Gasteiger partial charge on any atom is -0.362 e. The van der Waals surface area contributed by atoms with Crippen LogP contribution in [0.15, 0.2) is 29.6 Å². The summed E-state index contributed by atoms with van der Waals surface area (Å²) < 4.78 is 0. The highest BCUT2D eigenvalue weighted by Gasteiger charge is 2.06. The molecule has 0 saturated heterocycles. The first-order valence-electron chi connectivity index (χ1n) is 6.11. The Morgan fingerprint density at radius 2 is 1.89 bits per heavy atom. The Bertz CT molecular complexity index is 720. The highest BCUT2D eigenvalue weighted by molar-refractivity contribution is 7.09. The number of anilines is 1. The van der Waals surface area contributed by atoms with Gasteiger partial charge < -0.3 is 5.32 Å². The van der Waals surface area contributed by atoms with Crippen LogP contribution >= 0.6 is 11.3 Å². The van der Waals surface area contributed by atoms with Crippen molar-refractivity contribution >= 4 is 27.9 Å². The van der Waals surface area contributed by atoms with Gasteiger partial charge in [0.15, 0.2) is 5.82 Å². The third kappa shape index (κ3) is 2.42. The Hall–Kier alpha value is -2.01. The molecule has 0 aliphatic carbocycles. The highest BCUT2D eigenvalue weighted by Crippen LogP contribution is 2.22. The number of thiazole rings is 1. The fourth-order valence-corrected chi connectivity index (χ4v) is 2.64. The first-order chi connectivity index (χ1) is 9.24. The van der Waals surface area contributed by atoms with Crippen LogP contribution in [0.1, 0.15) is 16.4 Å². The molecule has 5 heteroatoms. The number of aryl methyl sites for hydroxylation is 2. The van der Waals surface area contributed by atoms with E-state index in [1.54, 1.807) is 11.3 Å². The average molecular weight is 270 g/mol. The lowest BCUT2D eigenvalue weighted by molar-refractivity contribution is 0.970. The van der Waals surface area contributed by atoms with Crippen molar-refractivity contribution in [3.8, 4) is 0 Å². The van der Waals surface area contributed by atoms with E-state index >= 15 is 0 Å². The molecule has 0 bridgehead atoms. The molecule has 0 saturated carbocycles. The van der Waals surface area contributed by atoms with E-state index in [-0.39, 0.29) is 0 Å². The second-order valence-electron chi connectivity index (χ2n) is 4.39. The van der Waals surface area contributed by atoms with Gasteiger partial charge in [0.1, 0.15) is 0 Å². The second kappa shape index (κ2) is 4.93. The van der Waals surface area contributed by atoms with Gasteiger partial charge in [0, 0.05) is 16.2 Å². The molecule has 96 valence electrons. The number of fused-ring (bicyclic) bond motifs is 1. The summed E-state index contributed by atoms with van der Waals surface area (Å²) in [5, 5.41) is 17.1. The molecule has 19 heavy (non-hydrogen) atoms. The molecule has 0 amide bonds. The number of hydrogen-bond donors (Lipinski definition) is 1. The number of nitrogens with one attached hydrogen (secondary N) is 1. The Kier molecular flexibility index (Phi) is 3.13. The van der Waals surface area contributed by atoms with Gasteiger partial charge in [-0.1, -0.05) is 24.3 Å². The third-order valence-corrected chi connectivity index (χ3v) is 3.80. The van der Waals surface area contributed by atoms with Crippen LogP contribution in [0.2, 0.25) is 0 Å². The SMILES string of the molecule is Cc1nc(CNc2nnc(C)c3ccccc23)cs1. The maximum atomic E-state index is 4.43. The quantitative estimate of drug-likeness (QED) is 0.793. The van der Waals surface area contributed by atoms with Gasteiger partial charge in [0.25, 0.3) is 0 Å². The predicted molar refractivity (Wildman–Crippen MR) is 78.5 cm³/mol. The van der Waals surface area contributed by atoms with Crippen molar-refractivity contribution in [3.05, 3.63) is 46.0 Å². The maximum absolute atomic E-state index is 4.43. The molecule has 2 heterocycles. The van der Waals surface area contributed by atoms with Crippen molar-refractivity contribution in [3.63, 3.8) is 0 Å². The summed E-state index contributed by atoms with van der Waals surface area (Å²) in [4.78, 5) is 4.43. The fraction of sp³-hybridized carbons (Fsp3) is 0.214. The van der Waals surface area contributed by atoms with Gasteiger partial charge in [-0.15, -0.1) is 16.4 Å². The smallest absolute Gasteiger partial charge is 0.156 e. The molecule has 3 aromatic rings. The van der Waals surface area contributed by atoms with Crippen molar-refractivity contribution < 1.29 is 0 Å². The Morgan fingerprint density at radius 1 is 1.11 bits per heavy atom. The van der Waals surface area contributed by atoms with Crippen molar-refractivity contribution in [2.75, 3.05) is 5.32 Å². The summed E-state index contributed by atoms with van der Waals surface area (Å²) in [6, 6.07) is 8.16. The number of rotatable bonds is 3. The van der Waals surface area contributed by atoms with Gasteiger partial charge in [-0.2, -0.15) is 5.10 Å². The van der Waals surface area contributed by atoms with E-state index in [4.69, 9.17) is 0 Å². The topological polar surface area (TPSA) is 50.7 Å². The number of benzene rings is 1. The van der Waals surface area contributed by atoms with E-state index in [1.807, 2.05) is 26.0 Å². The Labute approximate surface area is 115 Å². The lowest BCUT2D eigenvalue weighted by Crippen LogP contribution is -2.04. The first-order valence-corrected chi connectivity index (χ1v) is 6.99. The largest absolute Gasteiger partial charge is 0.362 e. The van der Waals surface area contributed by atoms with Gasteiger partial charge in [0.2, 0.25) is 0 Å². The van der Waals surface area contributed by atoms with Crippen molar-refractivity contribution in [1.82, 2.24) is 15.2 Å². The molecule has 4 nitrogen and oxygen atoms in total. The van der Waals surface area contributed by atoms with Crippen molar-refractivity contribution in [2.45, 2.75) is 20.4 Å². The summed E-state index contributed by atoms with van der Waals surface area (Å²) >= 11 is 1.66. The van der Waals surface area contributed by atoms with Crippen LogP contribution in [0.4, 0.5) is 5.82 Å². The first kappa shape index (κ1) is 12.0. The number of nitrogens with zero attached hydrogens (tertiary/aromatic N) is 3. The second-order valence-corrected chi connectivity index (χ2v) is 5.45. The standard InChI is InChI=1S/C14H14N4S/c1-9-12-5-3-4-6-13(12)14(18-17-9)15-7-11-8-19-10(2)16-11/h3-6,8H,7H2,1-2H3,(H,15,18). The molecule has 0 fully saturated rings. The molecule has 0 aliphatic heterocycles. The molecule has 0 spiro atoms. The van der Waals surface area contributed by atoms with Crippen LogP contribution in [0, 0.1) is 13.8 Å². The van der Waals surface area contributed by atoms with Gasteiger partial charge in [0.05, 0.1) is 22.9 Å². The minimum absolute atomic E-state index is 0.673. The van der Waals surface area contributed by atoms with Crippen molar-refractivity contribution in [1.29, 1.82) is 0 Å². The summed E-state index contributed by atoms with van der Waals surface area (Å²) in [5.41, 5.74) is 1.99. The highest BCUT2D eigenvalue weighted by atomic mass is 32.1. The van der Waals surface area contributed by atoms with Crippen LogP contribution in [0.3, 0.4) is 0 Å². The molecular weight excluding hydrogens is 256 g/mol. The van der Waals surface area contributed by atoms with Crippen LogP contribution in [0.5, 0.6) is 0 Å². The fourth-order valence-electron chi connectivity index (χ4n) is 2.03. The van der Waals surface area contributed by atoms with E-state index < -0.39 is 0 Å². The summed E-state index contributed by atoms with van der Waals surface area (Å²) in [6.45, 7) is 4.66. The van der Waals surface area contributed by atoms with Gasteiger partial charge in [-0.25, -0.2) is 4.98 Å². The van der Waals surface area contributed by atoms with Crippen molar-refractivity contribution in [2.24, 2.45) is 0 Å². The molecule has 0 atom stereocenters. The van der Waals surface area contributed by atoms with Crippen LogP contribution < -0.4 is 5.32 Å². The average Bonchev–Trinajstić information content (AvgIpc) is 2.84. The monoisotopic (exact) mass is 270 g/mol. The maximum Gasteiger partial charge on any atom is 0.156 e. The van der Waals surface area contributed by atoms with Gasteiger partial charge >= 0.3 is 0 Å². The Balaban J connectivity index is 1.91. The zero-order valence-corrected chi connectivity index (χ0v) is 11.7. The van der Waals surface area contributed by atoms with E-state index in [9.17, 15) is 0 Å². The van der Waals surface area contributed by atoms with Gasteiger partial charge in [-0.05, 0) is 13.8 Å². The molecular formula is C14H14N4S.